The van der Waals surface area contributed by atoms with Gasteiger partial charge < -0.3 is 25.2 Å². The van der Waals surface area contributed by atoms with Gasteiger partial charge in [0.25, 0.3) is 0 Å². The van der Waals surface area contributed by atoms with Crippen molar-refractivity contribution in [3.05, 3.63) is 0 Å². The van der Waals surface area contributed by atoms with E-state index in [1.807, 2.05) is 0 Å². The van der Waals surface area contributed by atoms with E-state index in [9.17, 15) is 20.4 Å². The highest BCUT2D eigenvalue weighted by molar-refractivity contribution is 7.97. The summed E-state index contributed by atoms with van der Waals surface area (Å²) in [5.74, 6) is 0. The second-order valence-electron chi connectivity index (χ2n) is 9.68. The minimum atomic E-state index is -1.19. The number of hydrogen-bond donors (Lipinski definition) is 4. The summed E-state index contributed by atoms with van der Waals surface area (Å²) in [5, 5.41) is 39.7. The third kappa shape index (κ3) is 13.7. The van der Waals surface area contributed by atoms with Gasteiger partial charge in [-0.15, -0.1) is 0 Å². The number of aliphatic hydroxyl groups is 4. The number of nitrogens with zero attached hydrogens (tertiary/aromatic N) is 1. The minimum Gasteiger partial charge on any atom is -0.394 e. The first-order valence-corrected chi connectivity index (χ1v) is 14.6. The molecule has 0 amide bonds. The van der Waals surface area contributed by atoms with Crippen molar-refractivity contribution >= 4 is 11.9 Å². The quantitative estimate of drug-likeness (QED) is 0.125. The summed E-state index contributed by atoms with van der Waals surface area (Å²) in [5.41, 5.74) is -0.616. The second-order valence-corrected chi connectivity index (χ2v) is 10.9. The molecule has 1 unspecified atom stereocenters. The van der Waals surface area contributed by atoms with Crippen molar-refractivity contribution in [1.29, 1.82) is 0 Å². The fraction of sp³-hybridized carbons (Fsp3) is 1.00. The van der Waals surface area contributed by atoms with Crippen LogP contribution in [0.15, 0.2) is 0 Å². The van der Waals surface area contributed by atoms with Crippen molar-refractivity contribution in [3.8, 4) is 0 Å². The number of ether oxygens (including phenoxy) is 1. The number of unbranched alkanes of at least 4 members (excludes halogenated alkanes) is 14. The van der Waals surface area contributed by atoms with Crippen LogP contribution in [0.25, 0.3) is 0 Å². The number of rotatable bonds is 22. The van der Waals surface area contributed by atoms with Crippen molar-refractivity contribution in [2.45, 2.75) is 146 Å². The normalized spacial score (nSPS) is 24.1. The Morgan fingerprint density at radius 2 is 1.12 bits per heavy atom. The zero-order chi connectivity index (χ0) is 24.3. The van der Waals surface area contributed by atoms with Gasteiger partial charge in [-0.3, -0.25) is 0 Å². The Bertz CT molecular complexity index is 425. The first-order valence-electron chi connectivity index (χ1n) is 13.8. The van der Waals surface area contributed by atoms with E-state index >= 15 is 0 Å². The Hall–Kier alpha value is 0.110. The molecule has 1 saturated heterocycles. The van der Waals surface area contributed by atoms with E-state index in [0.29, 0.717) is 0 Å². The van der Waals surface area contributed by atoms with Gasteiger partial charge in [0, 0.05) is 13.1 Å². The van der Waals surface area contributed by atoms with Crippen LogP contribution in [0.5, 0.6) is 0 Å². The smallest absolute Gasteiger partial charge is 0.146 e. The molecule has 0 bridgehead atoms. The molecule has 0 aromatic carbocycles. The molecular formula is C26H53NO5S. The van der Waals surface area contributed by atoms with E-state index in [0.717, 1.165) is 25.9 Å². The summed E-state index contributed by atoms with van der Waals surface area (Å²) in [6, 6.07) is 0. The van der Waals surface area contributed by atoms with E-state index in [1.54, 1.807) is 0 Å². The molecule has 0 radical (unpaired) electrons. The van der Waals surface area contributed by atoms with Crippen LogP contribution in [0, 0.1) is 0 Å². The highest BCUT2D eigenvalue weighted by atomic mass is 32.2. The fourth-order valence-electron chi connectivity index (χ4n) is 4.39. The lowest BCUT2D eigenvalue weighted by Crippen LogP contribution is -2.40. The van der Waals surface area contributed by atoms with Crippen molar-refractivity contribution in [2.24, 2.45) is 0 Å². The van der Waals surface area contributed by atoms with Crippen LogP contribution in [-0.4, -0.2) is 74.3 Å². The van der Waals surface area contributed by atoms with Crippen molar-refractivity contribution in [2.75, 3.05) is 19.7 Å². The highest BCUT2D eigenvalue weighted by Crippen LogP contribution is 2.33. The molecule has 0 aliphatic carbocycles. The average molecular weight is 492 g/mol. The summed E-state index contributed by atoms with van der Waals surface area (Å²) in [4.78, 5) is 0. The molecule has 7 heteroatoms. The zero-order valence-electron chi connectivity index (χ0n) is 21.4. The molecule has 5 atom stereocenters. The van der Waals surface area contributed by atoms with Crippen LogP contribution in [0.2, 0.25) is 0 Å². The van der Waals surface area contributed by atoms with Gasteiger partial charge in [-0.1, -0.05) is 104 Å². The minimum absolute atomic E-state index is 0.494. The molecule has 1 aliphatic heterocycles. The Morgan fingerprint density at radius 1 is 0.697 bits per heavy atom. The van der Waals surface area contributed by atoms with Crippen LogP contribution in [-0.2, 0) is 4.74 Å². The topological polar surface area (TPSA) is 93.4 Å². The molecule has 0 spiro atoms. The largest absolute Gasteiger partial charge is 0.394 e. The Labute approximate surface area is 207 Å². The second kappa shape index (κ2) is 20.3. The van der Waals surface area contributed by atoms with Crippen LogP contribution >= 0.6 is 11.9 Å². The van der Waals surface area contributed by atoms with Gasteiger partial charge in [0.1, 0.15) is 29.9 Å². The Morgan fingerprint density at radius 3 is 1.55 bits per heavy atom. The molecule has 0 aromatic heterocycles. The van der Waals surface area contributed by atoms with Gasteiger partial charge in [0.2, 0.25) is 0 Å². The lowest BCUT2D eigenvalue weighted by Gasteiger charge is -2.26. The Balaban J connectivity index is 2.40. The van der Waals surface area contributed by atoms with Gasteiger partial charge >= 0.3 is 0 Å². The summed E-state index contributed by atoms with van der Waals surface area (Å²) in [6.45, 7) is 5.87. The number of aliphatic hydroxyl groups excluding tert-OH is 4. The van der Waals surface area contributed by atoms with Gasteiger partial charge in [0.15, 0.2) is 0 Å². The molecule has 1 fully saturated rings. The third-order valence-electron chi connectivity index (χ3n) is 6.60. The maximum absolute atomic E-state index is 10.4. The summed E-state index contributed by atoms with van der Waals surface area (Å²) >= 11 is 1.45. The maximum atomic E-state index is 10.4. The molecule has 1 rings (SSSR count). The molecular weight excluding hydrogens is 438 g/mol. The SMILES string of the molecule is CCCCCCCCCCN(CCCCCCCCCC)SC1O[C@@H]([C@H](O)CO)[C@H](O)[C@H]1O. The van der Waals surface area contributed by atoms with Crippen molar-refractivity contribution in [1.82, 2.24) is 4.31 Å². The van der Waals surface area contributed by atoms with Gasteiger partial charge in [-0.2, -0.15) is 0 Å². The lowest BCUT2D eigenvalue weighted by atomic mass is 10.1. The lowest BCUT2D eigenvalue weighted by molar-refractivity contribution is -0.0715. The molecule has 0 saturated carbocycles. The van der Waals surface area contributed by atoms with Crippen LogP contribution in [0.1, 0.15) is 117 Å². The maximum Gasteiger partial charge on any atom is 0.146 e. The predicted molar refractivity (Wildman–Crippen MR) is 138 cm³/mol. The van der Waals surface area contributed by atoms with Gasteiger partial charge in [-0.05, 0) is 24.8 Å². The van der Waals surface area contributed by atoms with E-state index < -0.39 is 36.5 Å². The van der Waals surface area contributed by atoms with E-state index in [2.05, 4.69) is 18.2 Å². The predicted octanol–water partition coefficient (Wildman–Crippen LogP) is 5.02. The molecule has 0 aromatic rings. The summed E-state index contributed by atoms with van der Waals surface area (Å²) in [7, 11) is 0. The molecule has 198 valence electrons. The highest BCUT2D eigenvalue weighted by Gasteiger charge is 2.46. The monoisotopic (exact) mass is 491 g/mol. The van der Waals surface area contributed by atoms with Crippen LogP contribution in [0.3, 0.4) is 0 Å². The average Bonchev–Trinajstić information content (AvgIpc) is 3.10. The number of hydrogen-bond acceptors (Lipinski definition) is 7. The standard InChI is InChI=1S/C26H53NO5S/c1-3-5-7-9-11-13-15-17-19-27(20-18-16-14-12-10-8-6-4-2)33-26-24(31)23(30)25(32-26)22(29)21-28/h22-26,28-31H,3-21H2,1-2H3/t22-,23-,24-,25+,26?/m1/s1. The molecule has 33 heavy (non-hydrogen) atoms. The summed E-state index contributed by atoms with van der Waals surface area (Å²) < 4.78 is 8.03. The molecule has 6 nitrogen and oxygen atoms in total. The molecule has 4 N–H and O–H groups in total. The zero-order valence-corrected chi connectivity index (χ0v) is 22.2. The summed E-state index contributed by atoms with van der Waals surface area (Å²) in [6.07, 6.45) is 16.0. The fourth-order valence-corrected chi connectivity index (χ4v) is 5.62. The Kier molecular flexibility index (Phi) is 19.2. The van der Waals surface area contributed by atoms with Crippen molar-refractivity contribution < 1.29 is 25.2 Å². The van der Waals surface area contributed by atoms with Gasteiger partial charge in [-0.25, -0.2) is 4.31 Å². The van der Waals surface area contributed by atoms with Crippen LogP contribution in [0.4, 0.5) is 0 Å². The van der Waals surface area contributed by atoms with E-state index in [1.165, 1.54) is 102 Å². The first kappa shape index (κ1) is 31.1. The first-order chi connectivity index (χ1) is 16.0. The van der Waals surface area contributed by atoms with Crippen LogP contribution < -0.4 is 0 Å². The van der Waals surface area contributed by atoms with Crippen molar-refractivity contribution in [3.63, 3.8) is 0 Å². The third-order valence-corrected chi connectivity index (χ3v) is 7.86. The van der Waals surface area contributed by atoms with E-state index in [-0.39, 0.29) is 0 Å². The van der Waals surface area contributed by atoms with Gasteiger partial charge in [0.05, 0.1) is 6.61 Å². The molecule has 1 heterocycles. The molecule has 1 aliphatic rings. The van der Waals surface area contributed by atoms with E-state index in [4.69, 9.17) is 4.74 Å².